The molecule has 35 heavy (non-hydrogen) atoms. The van der Waals surface area contributed by atoms with E-state index in [1.165, 1.54) is 0 Å². The Bertz CT molecular complexity index is 1050. The molecule has 0 aromatic heterocycles. The van der Waals surface area contributed by atoms with Gasteiger partial charge in [-0.1, -0.05) is 37.6 Å². The number of urea groups is 1. The second-order valence-corrected chi connectivity index (χ2v) is 12.3. The van der Waals surface area contributed by atoms with Crippen molar-refractivity contribution < 1.29 is 23.8 Å². The number of hydrogen-bond donors (Lipinski definition) is 5. The van der Waals surface area contributed by atoms with Crippen LogP contribution < -0.4 is 15.5 Å². The number of carboxylic acids is 1. The summed E-state index contributed by atoms with van der Waals surface area (Å²) < 4.78 is 20.1. The molecule has 1 saturated heterocycles. The Morgan fingerprint density at radius 1 is 1.06 bits per heavy atom. The summed E-state index contributed by atoms with van der Waals surface area (Å²) >= 11 is 0. The number of anilines is 3. The highest BCUT2D eigenvalue weighted by atomic mass is 32.3. The van der Waals surface area contributed by atoms with Crippen molar-refractivity contribution in [2.24, 2.45) is 0 Å². The molecule has 0 radical (unpaired) electrons. The molecule has 1 aliphatic heterocycles. The summed E-state index contributed by atoms with van der Waals surface area (Å²) in [7, 11) is -2.51. The van der Waals surface area contributed by atoms with Crippen LogP contribution in [0.1, 0.15) is 51.2 Å². The first-order chi connectivity index (χ1) is 16.4. The van der Waals surface area contributed by atoms with Gasteiger partial charge in [-0.15, -0.1) is 0 Å². The third-order valence-electron chi connectivity index (χ3n) is 6.58. The fourth-order valence-electron chi connectivity index (χ4n) is 4.54. The van der Waals surface area contributed by atoms with Crippen molar-refractivity contribution in [3.8, 4) is 0 Å². The molecule has 0 bridgehead atoms. The van der Waals surface area contributed by atoms with Crippen LogP contribution in [0, 0.1) is 6.92 Å². The normalized spacial score (nSPS) is 16.9. The Hall–Kier alpha value is -2.75. The topological polar surface area (TPSA) is 122 Å². The van der Waals surface area contributed by atoms with Crippen LogP contribution in [0.2, 0.25) is 0 Å². The Labute approximate surface area is 209 Å². The van der Waals surface area contributed by atoms with Crippen LogP contribution in [-0.4, -0.2) is 50.3 Å². The van der Waals surface area contributed by atoms with Crippen molar-refractivity contribution in [2.45, 2.75) is 58.4 Å². The number of carboxylic acid groups (broad SMARTS) is 1. The highest BCUT2D eigenvalue weighted by Crippen LogP contribution is 2.46. The Morgan fingerprint density at radius 3 is 2.26 bits per heavy atom. The Kier molecular flexibility index (Phi) is 8.35. The monoisotopic (exact) mass is 503 g/mol. The van der Waals surface area contributed by atoms with Gasteiger partial charge in [0.25, 0.3) is 0 Å². The minimum Gasteiger partial charge on any atom is -0.481 e. The Balaban J connectivity index is 1.93. The minimum atomic E-state index is -2.51. The maximum Gasteiger partial charge on any atom is 0.323 e. The fourth-order valence-corrected chi connectivity index (χ4v) is 6.05. The predicted molar refractivity (Wildman–Crippen MR) is 144 cm³/mol. The first kappa shape index (κ1) is 26.8. The van der Waals surface area contributed by atoms with E-state index in [1.807, 2.05) is 70.2 Å². The summed E-state index contributed by atoms with van der Waals surface area (Å²) in [6.07, 6.45) is 1.26. The quantitative estimate of drug-likeness (QED) is 0.295. The van der Waals surface area contributed by atoms with Crippen LogP contribution in [0.15, 0.2) is 42.5 Å². The molecule has 9 heteroatoms. The first-order valence-corrected chi connectivity index (χ1v) is 13.8. The summed E-state index contributed by atoms with van der Waals surface area (Å²) in [4.78, 5) is 26.5. The number of nitrogens with one attached hydrogen (secondary N) is 2. The average Bonchev–Trinajstić information content (AvgIpc) is 2.76. The van der Waals surface area contributed by atoms with Gasteiger partial charge in [0, 0.05) is 35.2 Å². The average molecular weight is 504 g/mol. The number of carbonyl (C=O) groups is 2. The van der Waals surface area contributed by atoms with Gasteiger partial charge in [-0.2, -0.15) is 10.6 Å². The summed E-state index contributed by atoms with van der Waals surface area (Å²) in [5, 5.41) is 15.2. The second-order valence-electron chi connectivity index (χ2n) is 9.86. The van der Waals surface area contributed by atoms with E-state index >= 15 is 0 Å². The molecule has 2 aromatic carbocycles. The highest BCUT2D eigenvalue weighted by molar-refractivity contribution is 8.24. The third-order valence-corrected chi connectivity index (χ3v) is 8.35. The van der Waals surface area contributed by atoms with Crippen molar-refractivity contribution in [1.82, 2.24) is 0 Å². The molecular formula is C26H37N3O5S. The number of aliphatic carboxylic acids is 1. The zero-order valence-corrected chi connectivity index (χ0v) is 21.7. The van der Waals surface area contributed by atoms with Gasteiger partial charge in [-0.05, 0) is 56.5 Å². The largest absolute Gasteiger partial charge is 0.481 e. The van der Waals surface area contributed by atoms with E-state index in [9.17, 15) is 23.8 Å². The fraction of sp³-hybridized carbons (Fsp3) is 0.462. The van der Waals surface area contributed by atoms with E-state index < -0.39 is 28.0 Å². The van der Waals surface area contributed by atoms with Crippen LogP contribution in [0.4, 0.5) is 21.9 Å². The number of rotatable bonds is 8. The smallest absolute Gasteiger partial charge is 0.323 e. The lowest BCUT2D eigenvalue weighted by Gasteiger charge is -2.44. The minimum absolute atomic E-state index is 0.0423. The van der Waals surface area contributed by atoms with Gasteiger partial charge in [0.1, 0.15) is 0 Å². The molecule has 5 N–H and O–H groups in total. The lowest BCUT2D eigenvalue weighted by atomic mass is 9.81. The molecule has 0 aliphatic carbocycles. The van der Waals surface area contributed by atoms with Crippen LogP contribution in [-0.2, 0) is 10.2 Å². The molecule has 1 aliphatic rings. The second kappa shape index (κ2) is 10.9. The molecular weight excluding hydrogens is 466 g/mol. The lowest BCUT2D eigenvalue weighted by Crippen LogP contribution is -2.41. The SMILES string of the molecule is CCN(c1ccc(C(C)(C)CC(=O)O)cc1NC(=O)Nc1ccc(C)cc1)C1CCS(O)(O)CC1. The molecule has 0 spiro atoms. The summed E-state index contributed by atoms with van der Waals surface area (Å²) in [5.41, 5.74) is 3.35. The van der Waals surface area contributed by atoms with Gasteiger partial charge in [0.05, 0.1) is 17.8 Å². The van der Waals surface area contributed by atoms with Crippen molar-refractivity contribution in [3.63, 3.8) is 0 Å². The molecule has 8 nitrogen and oxygen atoms in total. The summed E-state index contributed by atoms with van der Waals surface area (Å²) in [5.74, 6) is -0.148. The molecule has 3 rings (SSSR count). The van der Waals surface area contributed by atoms with Gasteiger partial charge in [-0.3, -0.25) is 13.9 Å². The lowest BCUT2D eigenvalue weighted by molar-refractivity contribution is -0.138. The molecule has 0 atom stereocenters. The van der Waals surface area contributed by atoms with Gasteiger partial charge in [0.2, 0.25) is 0 Å². The van der Waals surface area contributed by atoms with Crippen molar-refractivity contribution in [1.29, 1.82) is 0 Å². The van der Waals surface area contributed by atoms with E-state index in [2.05, 4.69) is 15.5 Å². The predicted octanol–water partition coefficient (Wildman–Crippen LogP) is 6.13. The number of hydrogen-bond acceptors (Lipinski definition) is 5. The van der Waals surface area contributed by atoms with Gasteiger partial charge in [0.15, 0.2) is 0 Å². The molecule has 2 aromatic rings. The standard InChI is InChI=1S/C26H37N3O5S/c1-5-29(21-12-14-35(33,34)15-13-21)23-11-8-19(26(3,4)17-24(30)31)16-22(23)28-25(32)27-20-9-6-18(2)7-10-20/h6-11,16,21,33-34H,5,12-15,17H2,1-4H3,(H,30,31)(H2,27,28,32). The van der Waals surface area contributed by atoms with Crippen LogP contribution in [0.3, 0.4) is 0 Å². The van der Waals surface area contributed by atoms with Crippen molar-refractivity contribution >= 4 is 39.7 Å². The van der Waals surface area contributed by atoms with Crippen molar-refractivity contribution in [2.75, 3.05) is 33.6 Å². The highest BCUT2D eigenvalue weighted by Gasteiger charge is 2.30. The van der Waals surface area contributed by atoms with Gasteiger partial charge < -0.3 is 20.6 Å². The van der Waals surface area contributed by atoms with E-state index in [-0.39, 0.29) is 12.5 Å². The maximum atomic E-state index is 12.9. The van der Waals surface area contributed by atoms with Gasteiger partial charge in [-0.25, -0.2) is 4.79 Å². The van der Waals surface area contributed by atoms with Gasteiger partial charge >= 0.3 is 12.0 Å². The molecule has 192 valence electrons. The van der Waals surface area contributed by atoms with E-state index in [4.69, 9.17) is 0 Å². The number of nitrogens with zero attached hydrogens (tertiary/aromatic N) is 1. The van der Waals surface area contributed by atoms with Crippen LogP contribution >= 0.6 is 10.6 Å². The van der Waals surface area contributed by atoms with Crippen molar-refractivity contribution in [3.05, 3.63) is 53.6 Å². The van der Waals surface area contributed by atoms with E-state index in [0.717, 1.165) is 16.8 Å². The molecule has 0 unspecified atom stereocenters. The number of benzene rings is 2. The summed E-state index contributed by atoms with van der Waals surface area (Å²) in [6, 6.07) is 12.9. The summed E-state index contributed by atoms with van der Waals surface area (Å²) in [6.45, 7) is 8.43. The number of carbonyl (C=O) groups excluding carboxylic acids is 1. The van der Waals surface area contributed by atoms with Crippen LogP contribution in [0.25, 0.3) is 0 Å². The van der Waals surface area contributed by atoms with E-state index in [0.29, 0.717) is 42.3 Å². The molecule has 2 amide bonds. The zero-order chi connectivity index (χ0) is 25.8. The van der Waals surface area contributed by atoms with E-state index in [1.54, 1.807) is 0 Å². The number of amides is 2. The first-order valence-electron chi connectivity index (χ1n) is 11.9. The molecule has 0 saturated carbocycles. The number of aryl methyl sites for hydroxylation is 1. The zero-order valence-electron chi connectivity index (χ0n) is 20.9. The Morgan fingerprint density at radius 2 is 1.69 bits per heavy atom. The third kappa shape index (κ3) is 7.13. The maximum absolute atomic E-state index is 12.9. The molecule has 1 fully saturated rings. The van der Waals surface area contributed by atoms with Crippen LogP contribution in [0.5, 0.6) is 0 Å². The molecule has 1 heterocycles.